The summed E-state index contributed by atoms with van der Waals surface area (Å²) in [6, 6.07) is 1.91. The number of piperazine rings is 1. The number of aromatic nitrogens is 2. The zero-order valence-electron chi connectivity index (χ0n) is 15.1. The highest BCUT2D eigenvalue weighted by molar-refractivity contribution is 5.82. The highest BCUT2D eigenvalue weighted by Crippen LogP contribution is 2.20. The van der Waals surface area contributed by atoms with Crippen molar-refractivity contribution < 1.29 is 9.53 Å². The molecule has 0 atom stereocenters. The number of ether oxygens (including phenoxy) is 1. The molecule has 0 unspecified atom stereocenters. The zero-order chi connectivity index (χ0) is 17.5. The number of nitrogens with zero attached hydrogens (tertiary/aromatic N) is 4. The van der Waals surface area contributed by atoms with E-state index in [0.29, 0.717) is 19.3 Å². The molecule has 1 aliphatic heterocycles. The Morgan fingerprint density at radius 2 is 2.00 bits per heavy atom. The second kappa shape index (κ2) is 8.99. The van der Waals surface area contributed by atoms with Crippen LogP contribution in [0.25, 0.3) is 0 Å². The van der Waals surface area contributed by atoms with Crippen molar-refractivity contribution in [1.82, 2.24) is 14.9 Å². The van der Waals surface area contributed by atoms with Crippen LogP contribution in [0.3, 0.4) is 0 Å². The topological polar surface area (TPSA) is 70.6 Å². The molecule has 0 aromatic carbocycles. The summed E-state index contributed by atoms with van der Waals surface area (Å²) in [5.74, 6) is 1.70. The van der Waals surface area contributed by atoms with Gasteiger partial charge >= 0.3 is 0 Å². The molecule has 25 heavy (non-hydrogen) atoms. The Morgan fingerprint density at radius 3 is 2.76 bits per heavy atom. The molecule has 0 radical (unpaired) electrons. The maximum absolute atomic E-state index is 11.9. The Bertz CT molecular complexity index is 560. The second-order valence-electron chi connectivity index (χ2n) is 6.91. The van der Waals surface area contributed by atoms with Crippen LogP contribution in [0.2, 0.25) is 0 Å². The lowest BCUT2D eigenvalue weighted by atomic mass is 10.1. The van der Waals surface area contributed by atoms with Gasteiger partial charge in [0.05, 0.1) is 19.3 Å². The molecule has 1 aromatic heterocycles. The lowest BCUT2D eigenvalue weighted by molar-refractivity contribution is -0.129. The van der Waals surface area contributed by atoms with Gasteiger partial charge in [0.2, 0.25) is 5.91 Å². The van der Waals surface area contributed by atoms with Crippen LogP contribution in [-0.4, -0.2) is 66.7 Å². The van der Waals surface area contributed by atoms with E-state index in [4.69, 9.17) is 4.74 Å². The second-order valence-corrected chi connectivity index (χ2v) is 6.91. The number of carbonyl (C=O) groups excluding carboxylic acids is 1. The minimum atomic E-state index is 0.121. The fourth-order valence-electron chi connectivity index (χ4n) is 3.38. The molecule has 7 heteroatoms. The van der Waals surface area contributed by atoms with Gasteiger partial charge in [-0.05, 0) is 12.8 Å². The van der Waals surface area contributed by atoms with Crippen LogP contribution in [0.4, 0.5) is 11.6 Å². The Kier molecular flexibility index (Phi) is 6.44. The summed E-state index contributed by atoms with van der Waals surface area (Å²) in [5.41, 5.74) is 0. The minimum absolute atomic E-state index is 0.121. The summed E-state index contributed by atoms with van der Waals surface area (Å²) in [4.78, 5) is 24.2. The number of amides is 1. The highest BCUT2D eigenvalue weighted by Gasteiger charge is 2.22. The van der Waals surface area contributed by atoms with E-state index in [0.717, 1.165) is 31.3 Å². The average Bonchev–Trinajstić information content (AvgIpc) is 2.90. The molecule has 2 heterocycles. The normalized spacial score (nSPS) is 19.8. The third kappa shape index (κ3) is 5.29. The number of anilines is 2. The molecule has 0 bridgehead atoms. The first-order valence-corrected chi connectivity index (χ1v) is 9.39. The quantitative estimate of drug-likeness (QED) is 0.626. The van der Waals surface area contributed by atoms with Crippen LogP contribution in [0, 0.1) is 0 Å². The first-order valence-electron chi connectivity index (χ1n) is 9.39. The maximum atomic E-state index is 11.9. The van der Waals surface area contributed by atoms with Crippen LogP contribution in [0.15, 0.2) is 12.4 Å². The molecule has 2 fully saturated rings. The van der Waals surface area contributed by atoms with E-state index >= 15 is 0 Å². The minimum Gasteiger partial charge on any atom is -0.376 e. The molecule has 1 aromatic rings. The predicted molar refractivity (Wildman–Crippen MR) is 97.8 cm³/mol. The molecule has 1 amide bonds. The highest BCUT2D eigenvalue weighted by atomic mass is 16.5. The van der Waals surface area contributed by atoms with Crippen molar-refractivity contribution in [2.24, 2.45) is 0 Å². The van der Waals surface area contributed by atoms with Crippen molar-refractivity contribution in [2.75, 3.05) is 50.1 Å². The average molecular weight is 347 g/mol. The molecule has 3 rings (SSSR count). The smallest absolute Gasteiger partial charge is 0.241 e. The summed E-state index contributed by atoms with van der Waals surface area (Å²) in [7, 11) is 1.83. The standard InChI is InChI=1S/C18H29N5O2/c1-22-9-10-23(13-18(22)24)17-12-16(20-14-21-17)19-8-11-25-15-6-4-2-3-5-7-15/h12,14-15H,2-11,13H2,1H3,(H,19,20,21). The van der Waals surface area contributed by atoms with E-state index in [1.54, 1.807) is 11.2 Å². The van der Waals surface area contributed by atoms with E-state index in [2.05, 4.69) is 15.3 Å². The van der Waals surface area contributed by atoms with E-state index < -0.39 is 0 Å². The molecule has 1 N–H and O–H groups in total. The van der Waals surface area contributed by atoms with E-state index in [-0.39, 0.29) is 5.91 Å². The number of hydrogen-bond acceptors (Lipinski definition) is 6. The van der Waals surface area contributed by atoms with Gasteiger partial charge < -0.3 is 19.9 Å². The molecule has 0 spiro atoms. The van der Waals surface area contributed by atoms with Crippen LogP contribution in [-0.2, 0) is 9.53 Å². The van der Waals surface area contributed by atoms with Crippen molar-refractivity contribution >= 4 is 17.5 Å². The number of rotatable bonds is 6. The van der Waals surface area contributed by atoms with Crippen molar-refractivity contribution in [3.8, 4) is 0 Å². The van der Waals surface area contributed by atoms with E-state index in [1.165, 1.54) is 38.5 Å². The Balaban J connectivity index is 1.44. The van der Waals surface area contributed by atoms with Gasteiger partial charge in [-0.3, -0.25) is 4.79 Å². The first-order chi connectivity index (χ1) is 12.2. The predicted octanol–water partition coefficient (Wildman–Crippen LogP) is 1.91. The van der Waals surface area contributed by atoms with Gasteiger partial charge in [0, 0.05) is 32.7 Å². The zero-order valence-corrected chi connectivity index (χ0v) is 15.1. The van der Waals surface area contributed by atoms with Gasteiger partial charge in [0.15, 0.2) is 0 Å². The van der Waals surface area contributed by atoms with E-state index in [1.807, 2.05) is 18.0 Å². The Labute approximate surface area is 149 Å². The van der Waals surface area contributed by atoms with Crippen LogP contribution < -0.4 is 10.2 Å². The monoisotopic (exact) mass is 347 g/mol. The Morgan fingerprint density at radius 1 is 1.20 bits per heavy atom. The van der Waals surface area contributed by atoms with Gasteiger partial charge in [-0.1, -0.05) is 25.7 Å². The fourth-order valence-corrected chi connectivity index (χ4v) is 3.38. The van der Waals surface area contributed by atoms with Crippen LogP contribution in [0.5, 0.6) is 0 Å². The molecule has 2 aliphatic rings. The summed E-state index contributed by atoms with van der Waals surface area (Å²) in [5, 5.41) is 3.30. The van der Waals surface area contributed by atoms with E-state index in [9.17, 15) is 4.79 Å². The van der Waals surface area contributed by atoms with Gasteiger partial charge in [-0.2, -0.15) is 0 Å². The largest absolute Gasteiger partial charge is 0.376 e. The van der Waals surface area contributed by atoms with Gasteiger partial charge in [0.1, 0.15) is 18.0 Å². The molecular formula is C18H29N5O2. The lowest BCUT2D eigenvalue weighted by Crippen LogP contribution is -2.48. The summed E-state index contributed by atoms with van der Waals surface area (Å²) < 4.78 is 5.99. The molecule has 1 saturated heterocycles. The fraction of sp³-hybridized carbons (Fsp3) is 0.722. The molecular weight excluding hydrogens is 318 g/mol. The number of carbonyl (C=O) groups is 1. The summed E-state index contributed by atoms with van der Waals surface area (Å²) >= 11 is 0. The number of likely N-dealkylation sites (N-methyl/N-ethyl adjacent to an activating group) is 1. The number of hydrogen-bond donors (Lipinski definition) is 1. The molecule has 1 aliphatic carbocycles. The SMILES string of the molecule is CN1CCN(c2cc(NCCOC3CCCCCC3)ncn2)CC1=O. The van der Waals surface area contributed by atoms with Crippen LogP contribution in [0.1, 0.15) is 38.5 Å². The van der Waals surface area contributed by atoms with Crippen LogP contribution >= 0.6 is 0 Å². The third-order valence-corrected chi connectivity index (χ3v) is 5.00. The third-order valence-electron chi connectivity index (χ3n) is 5.00. The van der Waals surface area contributed by atoms with Crippen molar-refractivity contribution in [2.45, 2.75) is 44.6 Å². The lowest BCUT2D eigenvalue weighted by Gasteiger charge is -2.32. The van der Waals surface area contributed by atoms with Gasteiger partial charge in [0.25, 0.3) is 0 Å². The molecule has 138 valence electrons. The summed E-state index contributed by atoms with van der Waals surface area (Å²) in [6.07, 6.45) is 9.61. The van der Waals surface area contributed by atoms with Crippen molar-refractivity contribution in [1.29, 1.82) is 0 Å². The van der Waals surface area contributed by atoms with Gasteiger partial charge in [-0.25, -0.2) is 9.97 Å². The Hall–Kier alpha value is -1.89. The van der Waals surface area contributed by atoms with Gasteiger partial charge in [-0.15, -0.1) is 0 Å². The first kappa shape index (κ1) is 17.9. The van der Waals surface area contributed by atoms with Crippen molar-refractivity contribution in [3.63, 3.8) is 0 Å². The number of nitrogens with one attached hydrogen (secondary N) is 1. The maximum Gasteiger partial charge on any atom is 0.241 e. The van der Waals surface area contributed by atoms with Crippen molar-refractivity contribution in [3.05, 3.63) is 12.4 Å². The molecule has 1 saturated carbocycles. The molecule has 7 nitrogen and oxygen atoms in total. The summed E-state index contributed by atoms with van der Waals surface area (Å²) in [6.45, 7) is 3.31.